The third-order valence-corrected chi connectivity index (χ3v) is 5.76. The van der Waals surface area contributed by atoms with E-state index >= 15 is 0 Å². The van der Waals surface area contributed by atoms with Gasteiger partial charge in [-0.25, -0.2) is 0 Å². The van der Waals surface area contributed by atoms with Gasteiger partial charge < -0.3 is 4.74 Å². The summed E-state index contributed by atoms with van der Waals surface area (Å²) in [6.07, 6.45) is 5.75. The SMILES string of the molecule is C=C(OC(C)c1ccc(C(=N/C(=C\C)C(F)(F)P)C(C)CC)cc1)/C(C)=C\N=C(C)CCC. The van der Waals surface area contributed by atoms with Gasteiger partial charge in [0.15, 0.2) is 0 Å². The van der Waals surface area contributed by atoms with E-state index in [0.717, 1.165) is 41.7 Å². The molecule has 0 aliphatic heterocycles. The van der Waals surface area contributed by atoms with Gasteiger partial charge in [0, 0.05) is 17.5 Å². The first-order valence-corrected chi connectivity index (χ1v) is 12.1. The monoisotopic (exact) mass is 476 g/mol. The predicted molar refractivity (Wildman–Crippen MR) is 141 cm³/mol. The molecule has 0 saturated heterocycles. The lowest BCUT2D eigenvalue weighted by molar-refractivity contribution is 0.140. The molecule has 1 aromatic carbocycles. The Morgan fingerprint density at radius 1 is 1.18 bits per heavy atom. The molecule has 0 aromatic heterocycles. The van der Waals surface area contributed by atoms with Crippen molar-refractivity contribution >= 4 is 20.7 Å². The van der Waals surface area contributed by atoms with Gasteiger partial charge in [0.05, 0.1) is 5.71 Å². The topological polar surface area (TPSA) is 34.0 Å². The summed E-state index contributed by atoms with van der Waals surface area (Å²) in [5, 5.41) is 0. The van der Waals surface area contributed by atoms with Gasteiger partial charge in [0.2, 0.25) is 0 Å². The molecule has 0 spiro atoms. The minimum Gasteiger partial charge on any atom is -0.486 e. The normalized spacial score (nSPS) is 15.9. The fourth-order valence-electron chi connectivity index (χ4n) is 3.12. The van der Waals surface area contributed by atoms with Crippen LogP contribution < -0.4 is 0 Å². The van der Waals surface area contributed by atoms with Gasteiger partial charge in [-0.15, -0.1) is 0 Å². The highest BCUT2D eigenvalue weighted by molar-refractivity contribution is 7.18. The van der Waals surface area contributed by atoms with Crippen LogP contribution >= 0.6 is 9.24 Å². The molecule has 0 bridgehead atoms. The Morgan fingerprint density at radius 2 is 1.79 bits per heavy atom. The second-order valence-electron chi connectivity index (χ2n) is 8.33. The Morgan fingerprint density at radius 3 is 2.27 bits per heavy atom. The van der Waals surface area contributed by atoms with Crippen molar-refractivity contribution in [3.63, 3.8) is 0 Å². The molecule has 0 heterocycles. The van der Waals surface area contributed by atoms with E-state index in [2.05, 4.69) is 23.5 Å². The molecule has 0 N–H and O–H groups in total. The molecular formula is C27H39F2N2OP. The highest BCUT2D eigenvalue weighted by atomic mass is 31.0. The maximum Gasteiger partial charge on any atom is 0.299 e. The summed E-state index contributed by atoms with van der Waals surface area (Å²) in [6.45, 7) is 17.6. The van der Waals surface area contributed by atoms with Crippen molar-refractivity contribution in [2.45, 2.75) is 79.5 Å². The molecular weight excluding hydrogens is 437 g/mol. The minimum atomic E-state index is -3.07. The fourth-order valence-corrected chi connectivity index (χ4v) is 3.35. The van der Waals surface area contributed by atoms with E-state index in [9.17, 15) is 8.78 Å². The predicted octanol–water partition coefficient (Wildman–Crippen LogP) is 8.65. The molecule has 0 radical (unpaired) electrons. The minimum absolute atomic E-state index is 0.0381. The fraction of sp³-hybridized carbons (Fsp3) is 0.481. The number of halogens is 2. The van der Waals surface area contributed by atoms with Crippen LogP contribution in [0, 0.1) is 5.92 Å². The van der Waals surface area contributed by atoms with E-state index in [0.29, 0.717) is 11.5 Å². The molecule has 3 unspecified atom stereocenters. The van der Waals surface area contributed by atoms with Crippen molar-refractivity contribution in [2.75, 3.05) is 0 Å². The average Bonchev–Trinajstić information content (AvgIpc) is 2.77. The molecule has 3 nitrogen and oxygen atoms in total. The van der Waals surface area contributed by atoms with Crippen LogP contribution in [0.4, 0.5) is 8.78 Å². The summed E-state index contributed by atoms with van der Waals surface area (Å²) in [5.74, 6) is 0.609. The van der Waals surface area contributed by atoms with E-state index in [-0.39, 0.29) is 17.7 Å². The lowest BCUT2D eigenvalue weighted by Gasteiger charge is -2.19. The maximum absolute atomic E-state index is 13.9. The summed E-state index contributed by atoms with van der Waals surface area (Å²) in [7, 11) is 1.56. The van der Waals surface area contributed by atoms with Gasteiger partial charge in [-0.1, -0.05) is 73.4 Å². The third-order valence-electron chi connectivity index (χ3n) is 5.46. The number of nitrogens with zero attached hydrogens (tertiary/aromatic N) is 2. The van der Waals surface area contributed by atoms with Gasteiger partial charge in [-0.2, -0.15) is 8.78 Å². The van der Waals surface area contributed by atoms with Gasteiger partial charge in [0.25, 0.3) is 5.66 Å². The number of benzene rings is 1. The Bertz CT molecular complexity index is 909. The summed E-state index contributed by atoms with van der Waals surface area (Å²) < 4.78 is 33.8. The van der Waals surface area contributed by atoms with Crippen LogP contribution in [0.3, 0.4) is 0 Å². The quantitative estimate of drug-likeness (QED) is 0.129. The molecule has 182 valence electrons. The smallest absolute Gasteiger partial charge is 0.299 e. The number of hydrogen-bond donors (Lipinski definition) is 0. The summed E-state index contributed by atoms with van der Waals surface area (Å²) >= 11 is 0. The number of alkyl halides is 2. The number of allylic oxidation sites excluding steroid dienone is 3. The molecule has 3 atom stereocenters. The van der Waals surface area contributed by atoms with Crippen LogP contribution in [-0.4, -0.2) is 17.1 Å². The Labute approximate surface area is 201 Å². The lowest BCUT2D eigenvalue weighted by Crippen LogP contribution is -2.16. The molecule has 0 fully saturated rings. The highest BCUT2D eigenvalue weighted by Gasteiger charge is 2.28. The highest BCUT2D eigenvalue weighted by Crippen LogP contribution is 2.33. The number of hydrogen-bond acceptors (Lipinski definition) is 3. The van der Waals surface area contributed by atoms with Crippen molar-refractivity contribution in [3.05, 3.63) is 71.3 Å². The van der Waals surface area contributed by atoms with Crippen LogP contribution in [-0.2, 0) is 4.74 Å². The third kappa shape index (κ3) is 9.33. The van der Waals surface area contributed by atoms with Crippen LogP contribution in [0.25, 0.3) is 0 Å². The Hall–Kier alpha value is -2.13. The first-order valence-electron chi connectivity index (χ1n) is 11.5. The van der Waals surface area contributed by atoms with Crippen LogP contribution in [0.1, 0.15) is 85.0 Å². The van der Waals surface area contributed by atoms with E-state index in [4.69, 9.17) is 4.74 Å². The van der Waals surface area contributed by atoms with Crippen molar-refractivity contribution in [1.82, 2.24) is 0 Å². The summed E-state index contributed by atoms with van der Waals surface area (Å²) in [4.78, 5) is 8.80. The summed E-state index contributed by atoms with van der Waals surface area (Å²) in [6, 6.07) is 7.72. The zero-order valence-corrected chi connectivity index (χ0v) is 22.2. The molecule has 0 saturated carbocycles. The summed E-state index contributed by atoms with van der Waals surface area (Å²) in [5.41, 5.74) is 1.06. The van der Waals surface area contributed by atoms with Gasteiger partial charge in [0.1, 0.15) is 17.6 Å². The van der Waals surface area contributed by atoms with Gasteiger partial charge in [-0.3, -0.25) is 9.98 Å². The Balaban J connectivity index is 3.07. The van der Waals surface area contributed by atoms with Gasteiger partial charge in [-0.05, 0) is 57.6 Å². The largest absolute Gasteiger partial charge is 0.486 e. The second kappa shape index (κ2) is 13.5. The molecule has 1 aromatic rings. The molecule has 0 amide bonds. The standard InChI is InChI=1S/C27H39F2N2OP/c1-9-12-20(6)30-17-19(5)21(7)32-22(8)23-13-15-24(16-14-23)26(18(4)10-2)31-25(11-3)27(28,29)33/h11,13-18,22H,7,9-10,12,33H2,1-6,8H3/b19-17-,25-11-,30-20?,31-26?. The molecule has 33 heavy (non-hydrogen) atoms. The van der Waals surface area contributed by atoms with Gasteiger partial charge >= 0.3 is 0 Å². The zero-order valence-electron chi connectivity index (χ0n) is 21.1. The number of ether oxygens (including phenoxy) is 1. The van der Waals surface area contributed by atoms with Crippen molar-refractivity contribution < 1.29 is 13.5 Å². The molecule has 1 rings (SSSR count). The van der Waals surface area contributed by atoms with Crippen molar-refractivity contribution in [1.29, 1.82) is 0 Å². The van der Waals surface area contributed by atoms with Crippen molar-refractivity contribution in [3.8, 4) is 0 Å². The zero-order chi connectivity index (χ0) is 25.2. The second-order valence-corrected chi connectivity index (χ2v) is 9.06. The van der Waals surface area contributed by atoms with E-state index in [1.54, 1.807) is 22.4 Å². The van der Waals surface area contributed by atoms with Crippen molar-refractivity contribution in [2.24, 2.45) is 15.9 Å². The molecule has 0 aliphatic rings. The lowest BCUT2D eigenvalue weighted by atomic mass is 9.94. The Kier molecular flexibility index (Phi) is 11.9. The first-order chi connectivity index (χ1) is 15.4. The van der Waals surface area contributed by atoms with E-state index < -0.39 is 5.66 Å². The average molecular weight is 477 g/mol. The van der Waals surface area contributed by atoms with E-state index in [1.165, 1.54) is 6.08 Å². The van der Waals surface area contributed by atoms with E-state index in [1.807, 2.05) is 58.9 Å². The van der Waals surface area contributed by atoms with Crippen LogP contribution in [0.2, 0.25) is 0 Å². The number of aliphatic imine (C=N–C) groups is 2. The molecule has 0 aliphatic carbocycles. The molecule has 6 heteroatoms. The van der Waals surface area contributed by atoms with Crippen LogP contribution in [0.5, 0.6) is 0 Å². The number of rotatable bonds is 12. The first kappa shape index (κ1) is 28.9. The maximum atomic E-state index is 13.9. The van der Waals surface area contributed by atoms with Crippen LogP contribution in [0.15, 0.2) is 70.1 Å².